The lowest BCUT2D eigenvalue weighted by molar-refractivity contribution is -0.138. The molecule has 0 aliphatic heterocycles. The molecule has 0 atom stereocenters. The van der Waals surface area contributed by atoms with Crippen LogP contribution in [-0.2, 0) is 9.53 Å². The molecule has 1 aromatic carbocycles. The molecule has 5 nitrogen and oxygen atoms in total. The Morgan fingerprint density at radius 3 is 2.59 bits per heavy atom. The van der Waals surface area contributed by atoms with E-state index in [2.05, 4.69) is 15.0 Å². The normalized spacial score (nSPS) is 11.8. The zero-order chi connectivity index (χ0) is 12.7. The van der Waals surface area contributed by atoms with Crippen molar-refractivity contribution in [1.82, 2.24) is 0 Å². The van der Waals surface area contributed by atoms with E-state index in [-0.39, 0.29) is 12.3 Å². The van der Waals surface area contributed by atoms with Gasteiger partial charge in [-0.2, -0.15) is 5.11 Å². The number of benzene rings is 1. The van der Waals surface area contributed by atoms with Crippen LogP contribution in [0.3, 0.4) is 0 Å². The second kappa shape index (κ2) is 6.42. The molecule has 0 saturated heterocycles. The Morgan fingerprint density at radius 2 is 2.06 bits per heavy atom. The summed E-state index contributed by atoms with van der Waals surface area (Å²) in [5.41, 5.74) is 1.47. The zero-order valence-electron chi connectivity index (χ0n) is 9.75. The van der Waals surface area contributed by atoms with Crippen LogP contribution < -0.4 is 0 Å². The highest BCUT2D eigenvalue weighted by Gasteiger charge is 2.09. The number of aliphatic hydroxyl groups is 1. The van der Waals surface area contributed by atoms with Crippen LogP contribution in [0.1, 0.15) is 12.5 Å². The summed E-state index contributed by atoms with van der Waals surface area (Å²) in [5.74, 6) is -0.703. The highest BCUT2D eigenvalue weighted by Crippen LogP contribution is 2.14. The lowest BCUT2D eigenvalue weighted by Crippen LogP contribution is -2.05. The monoisotopic (exact) mass is 234 g/mol. The Morgan fingerprint density at radius 1 is 1.41 bits per heavy atom. The van der Waals surface area contributed by atoms with E-state index in [0.717, 1.165) is 5.56 Å². The maximum atomic E-state index is 11.2. The minimum Gasteiger partial charge on any atom is -0.513 e. The van der Waals surface area contributed by atoms with Gasteiger partial charge in [-0.25, -0.2) is 4.79 Å². The molecule has 1 rings (SSSR count). The van der Waals surface area contributed by atoms with E-state index in [1.807, 2.05) is 19.1 Å². The number of hydrogen-bond acceptors (Lipinski definition) is 5. The molecule has 0 aliphatic rings. The van der Waals surface area contributed by atoms with Gasteiger partial charge in [0.1, 0.15) is 6.26 Å². The first kappa shape index (κ1) is 12.9. The van der Waals surface area contributed by atoms with Crippen molar-refractivity contribution < 1.29 is 14.6 Å². The molecule has 90 valence electrons. The van der Waals surface area contributed by atoms with E-state index in [9.17, 15) is 4.79 Å². The summed E-state index contributed by atoms with van der Waals surface area (Å²) < 4.78 is 4.68. The molecule has 0 aliphatic carbocycles. The highest BCUT2D eigenvalue weighted by atomic mass is 16.5. The maximum absolute atomic E-state index is 11.2. The number of esters is 1. The van der Waals surface area contributed by atoms with Crippen molar-refractivity contribution in [2.75, 3.05) is 6.61 Å². The highest BCUT2D eigenvalue weighted by molar-refractivity contribution is 5.87. The van der Waals surface area contributed by atoms with Gasteiger partial charge < -0.3 is 9.84 Å². The van der Waals surface area contributed by atoms with E-state index >= 15 is 0 Å². The fourth-order valence-corrected chi connectivity index (χ4v) is 1.05. The van der Waals surface area contributed by atoms with Crippen LogP contribution in [0.25, 0.3) is 0 Å². The average molecular weight is 234 g/mol. The molecule has 0 bridgehead atoms. The third-order valence-electron chi connectivity index (χ3n) is 1.91. The van der Waals surface area contributed by atoms with E-state index in [1.165, 1.54) is 0 Å². The van der Waals surface area contributed by atoms with Gasteiger partial charge in [0.2, 0.25) is 5.70 Å². The number of carbonyl (C=O) groups is 1. The van der Waals surface area contributed by atoms with Crippen molar-refractivity contribution in [3.05, 3.63) is 41.8 Å². The first-order valence-electron chi connectivity index (χ1n) is 5.17. The molecule has 0 spiro atoms. The molecule has 0 aromatic heterocycles. The van der Waals surface area contributed by atoms with Gasteiger partial charge in [0.05, 0.1) is 12.3 Å². The van der Waals surface area contributed by atoms with Gasteiger partial charge in [-0.05, 0) is 26.0 Å². The molecular weight excluding hydrogens is 220 g/mol. The predicted molar refractivity (Wildman–Crippen MR) is 63.0 cm³/mol. The molecule has 0 unspecified atom stereocenters. The standard InChI is InChI=1S/C12H14N2O3/c1-3-17-12(16)11(8-15)14-13-10-6-4-9(2)5-7-10/h4-8,15H,3H2,1-2H3/b11-8+,14-13?. The Bertz CT molecular complexity index is 436. The average Bonchev–Trinajstić information content (AvgIpc) is 2.32. The van der Waals surface area contributed by atoms with Crippen molar-refractivity contribution >= 4 is 11.7 Å². The van der Waals surface area contributed by atoms with Crippen LogP contribution in [0.2, 0.25) is 0 Å². The number of hydrogen-bond donors (Lipinski definition) is 1. The minimum absolute atomic E-state index is 0.218. The summed E-state index contributed by atoms with van der Waals surface area (Å²) in [6.45, 7) is 3.85. The Kier molecular flexibility index (Phi) is 4.87. The molecule has 0 heterocycles. The number of ether oxygens (including phenoxy) is 1. The summed E-state index contributed by atoms with van der Waals surface area (Å²) in [5, 5.41) is 16.3. The summed E-state index contributed by atoms with van der Waals surface area (Å²) in [6.07, 6.45) is 0.579. The minimum atomic E-state index is -0.703. The third kappa shape index (κ3) is 4.06. The quantitative estimate of drug-likeness (QED) is 0.376. The molecule has 0 saturated carbocycles. The van der Waals surface area contributed by atoms with Crippen molar-refractivity contribution in [2.45, 2.75) is 13.8 Å². The molecule has 1 N–H and O–H groups in total. The van der Waals surface area contributed by atoms with E-state index in [0.29, 0.717) is 11.9 Å². The van der Waals surface area contributed by atoms with E-state index in [4.69, 9.17) is 5.11 Å². The Hall–Kier alpha value is -2.17. The number of aliphatic hydroxyl groups excluding tert-OH is 1. The Labute approximate surface area is 99.4 Å². The lowest BCUT2D eigenvalue weighted by Gasteiger charge is -1.99. The van der Waals surface area contributed by atoms with Gasteiger partial charge in [-0.15, -0.1) is 5.11 Å². The molecular formula is C12H14N2O3. The maximum Gasteiger partial charge on any atom is 0.362 e. The van der Waals surface area contributed by atoms with Gasteiger partial charge in [0, 0.05) is 0 Å². The Balaban J connectivity index is 2.75. The number of rotatable bonds is 4. The van der Waals surface area contributed by atoms with Crippen LogP contribution >= 0.6 is 0 Å². The SMILES string of the molecule is CCOC(=O)/C(=C\O)N=Nc1ccc(C)cc1. The van der Waals surface area contributed by atoms with Gasteiger partial charge in [0.15, 0.2) is 0 Å². The summed E-state index contributed by atoms with van der Waals surface area (Å²) in [4.78, 5) is 11.2. The van der Waals surface area contributed by atoms with Gasteiger partial charge >= 0.3 is 5.97 Å². The van der Waals surface area contributed by atoms with Gasteiger partial charge in [0.25, 0.3) is 0 Å². The molecule has 17 heavy (non-hydrogen) atoms. The smallest absolute Gasteiger partial charge is 0.362 e. The van der Waals surface area contributed by atoms with Gasteiger partial charge in [-0.1, -0.05) is 17.7 Å². The van der Waals surface area contributed by atoms with Crippen LogP contribution in [0.5, 0.6) is 0 Å². The first-order valence-corrected chi connectivity index (χ1v) is 5.17. The summed E-state index contributed by atoms with van der Waals surface area (Å²) in [6, 6.07) is 7.28. The molecule has 5 heteroatoms. The molecule has 1 aromatic rings. The number of nitrogens with zero attached hydrogens (tertiary/aromatic N) is 2. The van der Waals surface area contributed by atoms with Crippen LogP contribution in [0.4, 0.5) is 5.69 Å². The fourth-order valence-electron chi connectivity index (χ4n) is 1.05. The third-order valence-corrected chi connectivity index (χ3v) is 1.91. The van der Waals surface area contributed by atoms with Crippen LogP contribution in [0.15, 0.2) is 46.5 Å². The van der Waals surface area contributed by atoms with E-state index in [1.54, 1.807) is 19.1 Å². The second-order valence-corrected chi connectivity index (χ2v) is 3.27. The van der Waals surface area contributed by atoms with Crippen molar-refractivity contribution in [3.8, 4) is 0 Å². The largest absolute Gasteiger partial charge is 0.513 e. The second-order valence-electron chi connectivity index (χ2n) is 3.27. The van der Waals surface area contributed by atoms with E-state index < -0.39 is 5.97 Å². The van der Waals surface area contributed by atoms with Crippen LogP contribution in [-0.4, -0.2) is 17.7 Å². The van der Waals surface area contributed by atoms with Crippen molar-refractivity contribution in [3.63, 3.8) is 0 Å². The molecule has 0 amide bonds. The zero-order valence-corrected chi connectivity index (χ0v) is 9.75. The first-order chi connectivity index (χ1) is 8.17. The topological polar surface area (TPSA) is 71.2 Å². The molecule has 0 radical (unpaired) electrons. The molecule has 0 fully saturated rings. The van der Waals surface area contributed by atoms with Crippen LogP contribution in [0, 0.1) is 6.92 Å². The summed E-state index contributed by atoms with van der Waals surface area (Å²) >= 11 is 0. The van der Waals surface area contributed by atoms with Crippen molar-refractivity contribution in [1.29, 1.82) is 0 Å². The predicted octanol–water partition coefficient (Wildman–Crippen LogP) is 3.04. The number of azo groups is 1. The lowest BCUT2D eigenvalue weighted by atomic mass is 10.2. The number of carbonyl (C=O) groups excluding carboxylic acids is 1. The number of aryl methyl sites for hydroxylation is 1. The fraction of sp³-hybridized carbons (Fsp3) is 0.250. The summed E-state index contributed by atoms with van der Waals surface area (Å²) in [7, 11) is 0. The van der Waals surface area contributed by atoms with Crippen molar-refractivity contribution in [2.24, 2.45) is 10.2 Å². The van der Waals surface area contributed by atoms with Gasteiger partial charge in [-0.3, -0.25) is 0 Å².